The number of unbranched alkanes of at least 4 members (excludes halogenated alkanes) is 2. The summed E-state index contributed by atoms with van der Waals surface area (Å²) in [5.74, 6) is -1.10. The van der Waals surface area contributed by atoms with Gasteiger partial charge in [0, 0.05) is 65.7 Å². The predicted molar refractivity (Wildman–Crippen MR) is 187 cm³/mol. The standard InChI is InChI=1S/C40H45N3O4/c1-39(2)31-17-10-13-28-15-12-25-42(38(28)31)33(39)19-7-4-6-16-30-27-41-26-23-29-14-11-18-32(37(29)41)40(30,3)24-9-5-8-20-36(46)47-43-34(44)21-22-35(43)45/h4,6-7,10-11,13-14,16-19,21-22,27,44-45H,5,8-9,12,15,20,23-26H2,1-3H3. The Morgan fingerprint density at radius 3 is 2.38 bits per heavy atom. The summed E-state index contributed by atoms with van der Waals surface area (Å²) in [5.41, 5.74) is 11.0. The Bertz CT molecular complexity index is 1810. The van der Waals surface area contributed by atoms with E-state index in [1.807, 2.05) is 0 Å². The maximum Gasteiger partial charge on any atom is 0.333 e. The summed E-state index contributed by atoms with van der Waals surface area (Å²) < 4.78 is 0.748. The third-order valence-corrected chi connectivity index (χ3v) is 10.7. The lowest BCUT2D eigenvalue weighted by molar-refractivity contribution is -0.145. The quantitative estimate of drug-likeness (QED) is 0.176. The third kappa shape index (κ3) is 5.45. The number of aryl methyl sites for hydroxylation is 1. The monoisotopic (exact) mass is 631 g/mol. The van der Waals surface area contributed by atoms with Crippen LogP contribution in [0.15, 0.2) is 96.4 Å². The van der Waals surface area contributed by atoms with E-state index in [9.17, 15) is 15.0 Å². The smallest absolute Gasteiger partial charge is 0.333 e. The van der Waals surface area contributed by atoms with Crippen LogP contribution < -0.4 is 14.6 Å². The second-order valence-electron chi connectivity index (χ2n) is 14.0. The van der Waals surface area contributed by atoms with E-state index in [0.29, 0.717) is 6.42 Å². The molecule has 0 fully saturated rings. The van der Waals surface area contributed by atoms with Gasteiger partial charge in [-0.3, -0.25) is 0 Å². The van der Waals surface area contributed by atoms with Crippen molar-refractivity contribution in [3.8, 4) is 11.8 Å². The number of allylic oxidation sites excluding steroid dienone is 7. The Morgan fingerprint density at radius 2 is 1.60 bits per heavy atom. The molecule has 3 aromatic rings. The van der Waals surface area contributed by atoms with Gasteiger partial charge in [0.1, 0.15) is 0 Å². The van der Waals surface area contributed by atoms with Crippen LogP contribution in [0.25, 0.3) is 0 Å². The fourth-order valence-electron chi connectivity index (χ4n) is 8.14. The molecule has 0 spiro atoms. The fourth-order valence-corrected chi connectivity index (χ4v) is 8.14. The van der Waals surface area contributed by atoms with Gasteiger partial charge >= 0.3 is 5.97 Å². The van der Waals surface area contributed by atoms with Gasteiger partial charge in [-0.05, 0) is 66.0 Å². The molecular weight excluding hydrogens is 586 g/mol. The summed E-state index contributed by atoms with van der Waals surface area (Å²) in [6, 6.07) is 16.1. The normalized spacial score (nSPS) is 21.5. The zero-order valence-corrected chi connectivity index (χ0v) is 27.7. The first-order valence-electron chi connectivity index (χ1n) is 17.1. The first kappa shape index (κ1) is 31.0. The Kier molecular flexibility index (Phi) is 8.03. The third-order valence-electron chi connectivity index (χ3n) is 10.7. The van der Waals surface area contributed by atoms with Crippen molar-refractivity contribution in [1.29, 1.82) is 0 Å². The van der Waals surface area contributed by atoms with E-state index < -0.39 is 5.97 Å². The predicted octanol–water partition coefficient (Wildman–Crippen LogP) is 7.76. The molecule has 5 heterocycles. The van der Waals surface area contributed by atoms with E-state index in [1.165, 1.54) is 63.5 Å². The van der Waals surface area contributed by atoms with Crippen molar-refractivity contribution in [3.63, 3.8) is 0 Å². The van der Waals surface area contributed by atoms with Crippen LogP contribution in [-0.2, 0) is 28.5 Å². The molecule has 7 heteroatoms. The maximum absolute atomic E-state index is 12.3. The number of hydrogen-bond donors (Lipinski definition) is 2. The summed E-state index contributed by atoms with van der Waals surface area (Å²) in [7, 11) is 0. The van der Waals surface area contributed by atoms with Crippen LogP contribution in [0.2, 0.25) is 0 Å². The van der Waals surface area contributed by atoms with Crippen molar-refractivity contribution >= 4 is 17.3 Å². The van der Waals surface area contributed by atoms with Crippen molar-refractivity contribution in [3.05, 3.63) is 119 Å². The second kappa shape index (κ2) is 12.2. The van der Waals surface area contributed by atoms with Gasteiger partial charge < -0.3 is 24.9 Å². The first-order chi connectivity index (χ1) is 22.7. The molecule has 0 amide bonds. The van der Waals surface area contributed by atoms with Crippen LogP contribution in [0.4, 0.5) is 11.4 Å². The molecule has 7 rings (SSSR count). The molecule has 0 bridgehead atoms. The topological polar surface area (TPSA) is 78.2 Å². The molecule has 0 saturated heterocycles. The minimum absolute atomic E-state index is 0.0199. The van der Waals surface area contributed by atoms with E-state index in [-0.39, 0.29) is 29.0 Å². The lowest BCUT2D eigenvalue weighted by Gasteiger charge is -2.40. The summed E-state index contributed by atoms with van der Waals surface area (Å²) in [4.78, 5) is 22.4. The van der Waals surface area contributed by atoms with Crippen LogP contribution in [0.3, 0.4) is 0 Å². The van der Waals surface area contributed by atoms with Crippen LogP contribution in [0.1, 0.15) is 81.5 Å². The summed E-state index contributed by atoms with van der Waals surface area (Å²) in [6.45, 7) is 9.13. The Morgan fingerprint density at radius 1 is 0.851 bits per heavy atom. The molecule has 2 aromatic carbocycles. The van der Waals surface area contributed by atoms with Gasteiger partial charge in [0.15, 0.2) is 0 Å². The average molecular weight is 632 g/mol. The van der Waals surface area contributed by atoms with Gasteiger partial charge in [-0.15, -0.1) is 4.73 Å². The van der Waals surface area contributed by atoms with Crippen molar-refractivity contribution < 1.29 is 19.8 Å². The highest BCUT2D eigenvalue weighted by Gasteiger charge is 2.42. The van der Waals surface area contributed by atoms with Crippen LogP contribution >= 0.6 is 0 Å². The molecule has 0 saturated carbocycles. The highest BCUT2D eigenvalue weighted by Crippen LogP contribution is 2.51. The number of aromatic nitrogens is 1. The molecule has 1 atom stereocenters. The molecule has 1 aromatic heterocycles. The van der Waals surface area contributed by atoms with Crippen LogP contribution in [-0.4, -0.2) is 34.0 Å². The van der Waals surface area contributed by atoms with Crippen molar-refractivity contribution in [1.82, 2.24) is 4.73 Å². The highest BCUT2D eigenvalue weighted by molar-refractivity contribution is 5.75. The molecule has 47 heavy (non-hydrogen) atoms. The molecule has 1 unspecified atom stereocenters. The van der Waals surface area contributed by atoms with E-state index in [2.05, 4.69) is 104 Å². The van der Waals surface area contributed by atoms with Crippen LogP contribution in [0, 0.1) is 0 Å². The van der Waals surface area contributed by atoms with Crippen molar-refractivity contribution in [2.24, 2.45) is 0 Å². The number of carbonyl (C=O) groups excluding carboxylic acids is 1. The molecule has 2 N–H and O–H groups in total. The molecular formula is C40H45N3O4. The SMILES string of the molecule is CC1(C)C(=CC=CC=CC2=CN3CCc4cccc(c43)C2(C)CCCCCC(=O)On2c(O)ccc2O)N2CCCc3cccc1c32. The lowest BCUT2D eigenvalue weighted by atomic mass is 9.69. The molecule has 7 nitrogen and oxygen atoms in total. The zero-order chi connectivity index (χ0) is 32.8. The zero-order valence-electron chi connectivity index (χ0n) is 27.7. The minimum atomic E-state index is -0.483. The number of aromatic hydroxyl groups is 2. The first-order valence-corrected chi connectivity index (χ1v) is 17.1. The van der Waals surface area contributed by atoms with Gasteiger partial charge in [-0.2, -0.15) is 0 Å². The highest BCUT2D eigenvalue weighted by atomic mass is 16.7. The number of nitrogens with zero attached hydrogens (tertiary/aromatic N) is 3. The molecule has 0 radical (unpaired) electrons. The van der Waals surface area contributed by atoms with Gasteiger partial charge in [-0.1, -0.05) is 94.3 Å². The average Bonchev–Trinajstić information content (AvgIpc) is 3.69. The summed E-state index contributed by atoms with van der Waals surface area (Å²) in [5, 5.41) is 19.5. The van der Waals surface area contributed by atoms with Crippen LogP contribution in [0.5, 0.6) is 11.8 Å². The van der Waals surface area contributed by atoms with Crippen molar-refractivity contribution in [2.75, 3.05) is 22.9 Å². The van der Waals surface area contributed by atoms with Gasteiger partial charge in [0.25, 0.3) is 0 Å². The number of benzene rings is 2. The number of anilines is 2. The summed E-state index contributed by atoms with van der Waals surface area (Å²) in [6.07, 6.45) is 20.6. The minimum Gasteiger partial charge on any atom is -0.492 e. The molecule has 244 valence electrons. The Balaban J connectivity index is 1.04. The fraction of sp³-hybridized carbons (Fsp3) is 0.375. The van der Waals surface area contributed by atoms with Gasteiger partial charge in [0.2, 0.25) is 11.8 Å². The van der Waals surface area contributed by atoms with E-state index in [1.54, 1.807) is 0 Å². The van der Waals surface area contributed by atoms with E-state index in [0.717, 1.165) is 49.9 Å². The lowest BCUT2D eigenvalue weighted by Crippen LogP contribution is -2.33. The number of para-hydroxylation sites is 2. The van der Waals surface area contributed by atoms with E-state index in [4.69, 9.17) is 4.84 Å². The number of carbonyl (C=O) groups is 1. The molecule has 0 aliphatic carbocycles. The maximum atomic E-state index is 12.3. The van der Waals surface area contributed by atoms with Crippen molar-refractivity contribution in [2.45, 2.75) is 83.0 Å². The van der Waals surface area contributed by atoms with Gasteiger partial charge in [0.05, 0.1) is 0 Å². The molecule has 4 aliphatic rings. The van der Waals surface area contributed by atoms with Gasteiger partial charge in [-0.25, -0.2) is 4.79 Å². The number of rotatable bonds is 10. The Labute approximate surface area is 277 Å². The number of hydrogen-bond acceptors (Lipinski definition) is 6. The molecule has 4 aliphatic heterocycles. The largest absolute Gasteiger partial charge is 0.492 e. The second-order valence-corrected chi connectivity index (χ2v) is 14.0. The van der Waals surface area contributed by atoms with E-state index >= 15 is 0 Å². The summed E-state index contributed by atoms with van der Waals surface area (Å²) >= 11 is 0. The Hall–Kier alpha value is -4.65.